The third kappa shape index (κ3) is 3.50. The van der Waals surface area contributed by atoms with Gasteiger partial charge in [-0.15, -0.1) is 0 Å². The Kier molecular flexibility index (Phi) is 3.67. The van der Waals surface area contributed by atoms with Gasteiger partial charge in [0.15, 0.2) is 0 Å². The molecule has 0 atom stereocenters. The minimum absolute atomic E-state index is 0.0839. The Morgan fingerprint density at radius 3 is 2.33 bits per heavy atom. The largest absolute Gasteiger partial charge is 0.473 e. The van der Waals surface area contributed by atoms with Gasteiger partial charge in [0.05, 0.1) is 13.2 Å². The number of carbonyl (C=O) groups is 1. The molecule has 1 saturated heterocycles. The molecule has 1 amide bonds. The van der Waals surface area contributed by atoms with E-state index in [-0.39, 0.29) is 5.84 Å². The van der Waals surface area contributed by atoms with Gasteiger partial charge < -0.3 is 9.64 Å². The third-order valence-corrected chi connectivity index (χ3v) is 1.97. The van der Waals surface area contributed by atoms with E-state index >= 15 is 0 Å². The fraction of sp³-hybridized carbons (Fsp3) is 0.750. The summed E-state index contributed by atoms with van der Waals surface area (Å²) >= 11 is 0. The molecule has 0 unspecified atom stereocenters. The van der Waals surface area contributed by atoms with E-state index in [9.17, 15) is 18.0 Å². The number of amides is 1. The molecule has 1 rings (SSSR count). The van der Waals surface area contributed by atoms with Crippen molar-refractivity contribution in [3.05, 3.63) is 0 Å². The van der Waals surface area contributed by atoms with Gasteiger partial charge in [0.1, 0.15) is 5.84 Å². The van der Waals surface area contributed by atoms with Gasteiger partial charge in [0, 0.05) is 13.1 Å². The predicted octanol–water partition coefficient (Wildman–Crippen LogP) is 0.826. The summed E-state index contributed by atoms with van der Waals surface area (Å²) in [5, 5.41) is 0. The average molecular weight is 224 g/mol. The van der Waals surface area contributed by atoms with Crippen LogP contribution in [0, 0.1) is 0 Å². The van der Waals surface area contributed by atoms with E-state index in [1.165, 1.54) is 6.92 Å². The van der Waals surface area contributed by atoms with Crippen molar-refractivity contribution in [1.82, 2.24) is 4.90 Å². The maximum Gasteiger partial charge on any atom is 0.473 e. The Labute approximate surface area is 84.7 Å². The average Bonchev–Trinajstić information content (AvgIpc) is 2.17. The van der Waals surface area contributed by atoms with Crippen molar-refractivity contribution in [3.63, 3.8) is 0 Å². The van der Waals surface area contributed by atoms with Gasteiger partial charge in [-0.05, 0) is 6.92 Å². The first kappa shape index (κ1) is 12.0. The maximum atomic E-state index is 11.9. The molecule has 1 fully saturated rings. The monoisotopic (exact) mass is 224 g/mol. The molecule has 1 aliphatic heterocycles. The SMILES string of the molecule is CC(=NC(=O)C(F)(F)F)N1CCOCC1. The number of rotatable bonds is 0. The van der Waals surface area contributed by atoms with E-state index in [0.29, 0.717) is 26.3 Å². The standard InChI is InChI=1S/C8H11F3N2O2/c1-6(12-7(14)8(9,10)11)13-2-4-15-5-3-13/h2-5H2,1H3. The summed E-state index contributed by atoms with van der Waals surface area (Å²) in [5.74, 6) is -1.98. The van der Waals surface area contributed by atoms with Crippen LogP contribution in [0.3, 0.4) is 0 Å². The zero-order valence-electron chi connectivity index (χ0n) is 8.17. The van der Waals surface area contributed by atoms with Gasteiger partial charge >= 0.3 is 12.1 Å². The number of aliphatic imine (C=N–C) groups is 1. The summed E-state index contributed by atoms with van der Waals surface area (Å²) in [7, 11) is 0. The van der Waals surface area contributed by atoms with E-state index in [1.807, 2.05) is 0 Å². The van der Waals surface area contributed by atoms with Crippen LogP contribution in [0.2, 0.25) is 0 Å². The highest BCUT2D eigenvalue weighted by molar-refractivity contribution is 5.95. The summed E-state index contributed by atoms with van der Waals surface area (Å²) in [6, 6.07) is 0. The van der Waals surface area contributed by atoms with Crippen molar-refractivity contribution in [2.45, 2.75) is 13.1 Å². The van der Waals surface area contributed by atoms with Crippen LogP contribution < -0.4 is 0 Å². The van der Waals surface area contributed by atoms with Crippen LogP contribution in [0.25, 0.3) is 0 Å². The zero-order valence-corrected chi connectivity index (χ0v) is 8.17. The quantitative estimate of drug-likeness (QED) is 0.452. The highest BCUT2D eigenvalue weighted by Crippen LogP contribution is 2.16. The van der Waals surface area contributed by atoms with Crippen molar-refractivity contribution >= 4 is 11.7 Å². The molecule has 0 aromatic rings. The van der Waals surface area contributed by atoms with E-state index in [2.05, 4.69) is 4.99 Å². The lowest BCUT2D eigenvalue weighted by atomic mass is 10.4. The van der Waals surface area contributed by atoms with Gasteiger partial charge in [-0.1, -0.05) is 0 Å². The van der Waals surface area contributed by atoms with Crippen molar-refractivity contribution in [2.24, 2.45) is 4.99 Å². The number of morpholine rings is 1. The fourth-order valence-electron chi connectivity index (χ4n) is 1.17. The Morgan fingerprint density at radius 2 is 1.87 bits per heavy atom. The number of hydrogen-bond donors (Lipinski definition) is 0. The lowest BCUT2D eigenvalue weighted by molar-refractivity contribution is -0.169. The smallest absolute Gasteiger partial charge is 0.378 e. The van der Waals surface area contributed by atoms with Gasteiger partial charge in [0.25, 0.3) is 0 Å². The number of alkyl halides is 3. The van der Waals surface area contributed by atoms with Crippen LogP contribution >= 0.6 is 0 Å². The first-order valence-electron chi connectivity index (χ1n) is 4.40. The first-order chi connectivity index (χ1) is 6.91. The van der Waals surface area contributed by atoms with Crippen molar-refractivity contribution in [3.8, 4) is 0 Å². The number of hydrogen-bond acceptors (Lipinski definition) is 2. The van der Waals surface area contributed by atoms with Gasteiger partial charge in [-0.2, -0.15) is 18.2 Å². The minimum Gasteiger partial charge on any atom is -0.378 e. The molecule has 4 nitrogen and oxygen atoms in total. The summed E-state index contributed by atoms with van der Waals surface area (Å²) in [6.07, 6.45) is -4.90. The van der Waals surface area contributed by atoms with E-state index in [1.54, 1.807) is 4.90 Å². The van der Waals surface area contributed by atoms with Crippen molar-refractivity contribution < 1.29 is 22.7 Å². The molecular weight excluding hydrogens is 213 g/mol. The molecule has 86 valence electrons. The number of halogens is 3. The second-order valence-corrected chi connectivity index (χ2v) is 3.06. The van der Waals surface area contributed by atoms with Crippen LogP contribution in [0.5, 0.6) is 0 Å². The molecule has 0 radical (unpaired) electrons. The molecule has 7 heteroatoms. The predicted molar refractivity (Wildman–Crippen MR) is 46.6 cm³/mol. The van der Waals surface area contributed by atoms with Crippen LogP contribution in [0.4, 0.5) is 13.2 Å². The molecule has 0 bridgehead atoms. The number of amidine groups is 1. The van der Waals surface area contributed by atoms with E-state index < -0.39 is 12.1 Å². The molecule has 1 aliphatic rings. The molecule has 0 N–H and O–H groups in total. The van der Waals surface area contributed by atoms with Gasteiger partial charge in [-0.3, -0.25) is 4.79 Å². The number of nitrogens with zero attached hydrogens (tertiary/aromatic N) is 2. The minimum atomic E-state index is -4.90. The third-order valence-electron chi connectivity index (χ3n) is 1.97. The highest BCUT2D eigenvalue weighted by atomic mass is 19.4. The summed E-state index contributed by atoms with van der Waals surface area (Å²) in [6.45, 7) is 3.18. The summed E-state index contributed by atoms with van der Waals surface area (Å²) in [4.78, 5) is 15.1. The van der Waals surface area contributed by atoms with Crippen molar-refractivity contribution in [2.75, 3.05) is 26.3 Å². The lowest BCUT2D eigenvalue weighted by Gasteiger charge is -2.28. The normalized spacial score (nSPS) is 19.2. The molecule has 0 aliphatic carbocycles. The summed E-state index contributed by atoms with van der Waals surface area (Å²) < 4.78 is 40.6. The van der Waals surface area contributed by atoms with Crippen LogP contribution in [0.15, 0.2) is 4.99 Å². The van der Waals surface area contributed by atoms with Gasteiger partial charge in [0.2, 0.25) is 0 Å². The van der Waals surface area contributed by atoms with E-state index in [0.717, 1.165) is 0 Å². The Balaban J connectivity index is 2.62. The molecular formula is C8H11F3N2O2. The summed E-state index contributed by atoms with van der Waals surface area (Å²) in [5.41, 5.74) is 0. The number of carbonyl (C=O) groups excluding carboxylic acids is 1. The highest BCUT2D eigenvalue weighted by Gasteiger charge is 2.38. The lowest BCUT2D eigenvalue weighted by Crippen LogP contribution is -2.40. The van der Waals surface area contributed by atoms with Crippen LogP contribution in [-0.2, 0) is 9.53 Å². The molecule has 1 heterocycles. The van der Waals surface area contributed by atoms with Gasteiger partial charge in [-0.25, -0.2) is 0 Å². The molecule has 0 aromatic heterocycles. The maximum absolute atomic E-state index is 11.9. The van der Waals surface area contributed by atoms with Crippen LogP contribution in [-0.4, -0.2) is 49.1 Å². The second-order valence-electron chi connectivity index (χ2n) is 3.06. The first-order valence-corrected chi connectivity index (χ1v) is 4.40. The Hall–Kier alpha value is -1.11. The van der Waals surface area contributed by atoms with E-state index in [4.69, 9.17) is 4.74 Å². The molecule has 0 aromatic carbocycles. The van der Waals surface area contributed by atoms with Crippen LogP contribution in [0.1, 0.15) is 6.92 Å². The van der Waals surface area contributed by atoms with Crippen molar-refractivity contribution in [1.29, 1.82) is 0 Å². The molecule has 15 heavy (non-hydrogen) atoms. The Morgan fingerprint density at radius 1 is 1.33 bits per heavy atom. The fourth-order valence-corrected chi connectivity index (χ4v) is 1.17. The number of ether oxygens (including phenoxy) is 1. The second kappa shape index (κ2) is 4.61. The Bertz CT molecular complexity index is 270. The zero-order chi connectivity index (χ0) is 11.5. The molecule has 0 saturated carbocycles. The topological polar surface area (TPSA) is 41.9 Å². The molecule has 0 spiro atoms.